The molecule has 2 amide bonds. The lowest BCUT2D eigenvalue weighted by Crippen LogP contribution is -2.42. The van der Waals surface area contributed by atoms with E-state index in [1.54, 1.807) is 4.90 Å². The molecule has 0 aliphatic heterocycles. The van der Waals surface area contributed by atoms with E-state index >= 15 is 0 Å². The highest BCUT2D eigenvalue weighted by Gasteiger charge is 2.16. The van der Waals surface area contributed by atoms with E-state index in [9.17, 15) is 4.79 Å². The van der Waals surface area contributed by atoms with Gasteiger partial charge in [-0.25, -0.2) is 4.79 Å². The maximum atomic E-state index is 12.1. The molecular weight excluding hydrogens is 264 g/mol. The van der Waals surface area contributed by atoms with Crippen molar-refractivity contribution < 1.29 is 9.90 Å². The molecule has 0 spiro atoms. The Hall–Kier alpha value is -1.26. The highest BCUT2D eigenvalue weighted by atomic mass is 35.5. The molecule has 5 heteroatoms. The third-order valence-corrected chi connectivity index (χ3v) is 3.23. The zero-order chi connectivity index (χ0) is 14.3. The van der Waals surface area contributed by atoms with Crippen molar-refractivity contribution in [3.63, 3.8) is 0 Å². The van der Waals surface area contributed by atoms with E-state index in [2.05, 4.69) is 5.32 Å². The number of hydrogen-bond donors (Lipinski definition) is 2. The summed E-state index contributed by atoms with van der Waals surface area (Å²) in [6.45, 7) is 4.77. The highest BCUT2D eigenvalue weighted by molar-refractivity contribution is 6.30. The number of hydrogen-bond acceptors (Lipinski definition) is 2. The molecule has 0 saturated carbocycles. The SMILES string of the molecule is CCC(NC(=O)N(CC)CCO)c1cccc(Cl)c1. The summed E-state index contributed by atoms with van der Waals surface area (Å²) in [4.78, 5) is 13.6. The Kier molecular flexibility index (Phi) is 6.67. The van der Waals surface area contributed by atoms with Crippen LogP contribution in [0.1, 0.15) is 31.9 Å². The van der Waals surface area contributed by atoms with Crippen LogP contribution in [0.4, 0.5) is 4.79 Å². The van der Waals surface area contributed by atoms with E-state index < -0.39 is 0 Å². The van der Waals surface area contributed by atoms with Crippen molar-refractivity contribution in [1.82, 2.24) is 10.2 Å². The molecule has 0 aliphatic carbocycles. The maximum Gasteiger partial charge on any atom is 0.317 e. The Bertz CT molecular complexity index is 412. The third kappa shape index (κ3) is 4.73. The molecule has 0 bridgehead atoms. The molecule has 0 fully saturated rings. The average molecular weight is 285 g/mol. The zero-order valence-electron chi connectivity index (χ0n) is 11.4. The number of aliphatic hydroxyl groups is 1. The normalized spacial score (nSPS) is 12.0. The van der Waals surface area contributed by atoms with Crippen molar-refractivity contribution in [2.75, 3.05) is 19.7 Å². The lowest BCUT2D eigenvalue weighted by Gasteiger charge is -2.24. The van der Waals surface area contributed by atoms with Gasteiger partial charge >= 0.3 is 6.03 Å². The Morgan fingerprint density at radius 3 is 2.74 bits per heavy atom. The fourth-order valence-corrected chi connectivity index (χ4v) is 2.11. The van der Waals surface area contributed by atoms with Crippen molar-refractivity contribution in [2.45, 2.75) is 26.3 Å². The summed E-state index contributed by atoms with van der Waals surface area (Å²) in [5.41, 5.74) is 0.989. The van der Waals surface area contributed by atoms with Crippen LogP contribution in [-0.2, 0) is 0 Å². The van der Waals surface area contributed by atoms with Crippen molar-refractivity contribution in [3.8, 4) is 0 Å². The summed E-state index contributed by atoms with van der Waals surface area (Å²) in [5, 5.41) is 12.5. The maximum absolute atomic E-state index is 12.1. The van der Waals surface area contributed by atoms with Gasteiger partial charge in [0.25, 0.3) is 0 Å². The van der Waals surface area contributed by atoms with Gasteiger partial charge in [-0.15, -0.1) is 0 Å². The van der Waals surface area contributed by atoms with Crippen LogP contribution in [0.25, 0.3) is 0 Å². The van der Waals surface area contributed by atoms with E-state index in [-0.39, 0.29) is 18.7 Å². The second-order valence-corrected chi connectivity index (χ2v) is 4.71. The number of urea groups is 1. The van der Waals surface area contributed by atoms with Gasteiger partial charge in [-0.1, -0.05) is 30.7 Å². The third-order valence-electron chi connectivity index (χ3n) is 3.00. The van der Waals surface area contributed by atoms with E-state index in [0.717, 1.165) is 12.0 Å². The fraction of sp³-hybridized carbons (Fsp3) is 0.500. The minimum atomic E-state index is -0.164. The largest absolute Gasteiger partial charge is 0.395 e. The van der Waals surface area contributed by atoms with Crippen LogP contribution in [-0.4, -0.2) is 35.7 Å². The quantitative estimate of drug-likeness (QED) is 0.844. The Balaban J connectivity index is 2.74. The second kappa shape index (κ2) is 8.02. The van der Waals surface area contributed by atoms with Gasteiger partial charge in [-0.05, 0) is 31.0 Å². The lowest BCUT2D eigenvalue weighted by molar-refractivity contribution is 0.177. The van der Waals surface area contributed by atoms with Crippen LogP contribution in [0.15, 0.2) is 24.3 Å². The first kappa shape index (κ1) is 15.8. The van der Waals surface area contributed by atoms with Gasteiger partial charge < -0.3 is 15.3 Å². The molecular formula is C14H21ClN2O2. The molecule has 1 aromatic rings. The predicted molar refractivity (Wildman–Crippen MR) is 77.3 cm³/mol. The van der Waals surface area contributed by atoms with Crippen LogP contribution in [0.3, 0.4) is 0 Å². The molecule has 0 aromatic heterocycles. The van der Waals surface area contributed by atoms with E-state index in [1.807, 2.05) is 38.1 Å². The summed E-state index contributed by atoms with van der Waals surface area (Å²) < 4.78 is 0. The number of benzene rings is 1. The molecule has 0 radical (unpaired) electrons. The van der Waals surface area contributed by atoms with E-state index in [1.165, 1.54) is 0 Å². The molecule has 106 valence electrons. The monoisotopic (exact) mass is 284 g/mol. The summed E-state index contributed by atoms with van der Waals surface area (Å²) in [6, 6.07) is 7.25. The number of aliphatic hydroxyl groups excluding tert-OH is 1. The molecule has 19 heavy (non-hydrogen) atoms. The Morgan fingerprint density at radius 2 is 2.21 bits per heavy atom. The van der Waals surface area contributed by atoms with Crippen molar-refractivity contribution >= 4 is 17.6 Å². The zero-order valence-corrected chi connectivity index (χ0v) is 12.2. The lowest BCUT2D eigenvalue weighted by atomic mass is 10.1. The van der Waals surface area contributed by atoms with Crippen LogP contribution in [0, 0.1) is 0 Å². The minimum Gasteiger partial charge on any atom is -0.395 e. The van der Waals surface area contributed by atoms with Crippen molar-refractivity contribution in [3.05, 3.63) is 34.9 Å². The van der Waals surface area contributed by atoms with Gasteiger partial charge in [0.15, 0.2) is 0 Å². The van der Waals surface area contributed by atoms with Gasteiger partial charge in [0.2, 0.25) is 0 Å². The first-order valence-corrected chi connectivity index (χ1v) is 6.91. The van der Waals surface area contributed by atoms with E-state index in [4.69, 9.17) is 16.7 Å². The number of nitrogens with zero attached hydrogens (tertiary/aromatic N) is 1. The van der Waals surface area contributed by atoms with Gasteiger partial charge in [0.05, 0.1) is 12.6 Å². The minimum absolute atomic E-state index is 0.0325. The first-order valence-electron chi connectivity index (χ1n) is 6.54. The topological polar surface area (TPSA) is 52.6 Å². The van der Waals surface area contributed by atoms with Gasteiger partial charge in [-0.2, -0.15) is 0 Å². The smallest absolute Gasteiger partial charge is 0.317 e. The van der Waals surface area contributed by atoms with Crippen LogP contribution < -0.4 is 5.32 Å². The number of amides is 2. The van der Waals surface area contributed by atoms with Crippen molar-refractivity contribution in [1.29, 1.82) is 0 Å². The molecule has 4 nitrogen and oxygen atoms in total. The molecule has 1 aromatic carbocycles. The number of halogens is 1. The number of likely N-dealkylation sites (N-methyl/N-ethyl adjacent to an activating group) is 1. The van der Waals surface area contributed by atoms with Gasteiger partial charge in [0.1, 0.15) is 0 Å². The predicted octanol–water partition coefficient (Wildman–Crippen LogP) is 2.81. The molecule has 2 N–H and O–H groups in total. The van der Waals surface area contributed by atoms with Gasteiger partial charge in [-0.3, -0.25) is 0 Å². The number of nitrogens with one attached hydrogen (secondary N) is 1. The Morgan fingerprint density at radius 1 is 1.47 bits per heavy atom. The molecule has 0 heterocycles. The molecule has 0 saturated heterocycles. The van der Waals surface area contributed by atoms with Crippen LogP contribution >= 0.6 is 11.6 Å². The number of rotatable bonds is 6. The highest BCUT2D eigenvalue weighted by Crippen LogP contribution is 2.20. The Labute approximate surface area is 119 Å². The number of carbonyl (C=O) groups excluding carboxylic acids is 1. The molecule has 1 unspecified atom stereocenters. The summed E-state index contributed by atoms with van der Waals surface area (Å²) >= 11 is 5.97. The first-order chi connectivity index (χ1) is 9.12. The van der Waals surface area contributed by atoms with Crippen LogP contribution in [0.5, 0.6) is 0 Å². The van der Waals surface area contributed by atoms with Crippen LogP contribution in [0.2, 0.25) is 5.02 Å². The average Bonchev–Trinajstić information content (AvgIpc) is 2.41. The summed E-state index contributed by atoms with van der Waals surface area (Å²) in [7, 11) is 0. The molecule has 0 aliphatic rings. The van der Waals surface area contributed by atoms with E-state index in [0.29, 0.717) is 18.1 Å². The van der Waals surface area contributed by atoms with Gasteiger partial charge in [0, 0.05) is 18.1 Å². The number of carbonyl (C=O) groups is 1. The van der Waals surface area contributed by atoms with Crippen molar-refractivity contribution in [2.24, 2.45) is 0 Å². The molecule has 1 rings (SSSR count). The summed E-state index contributed by atoms with van der Waals surface area (Å²) in [5.74, 6) is 0. The molecule has 1 atom stereocenters. The fourth-order valence-electron chi connectivity index (χ4n) is 1.91. The summed E-state index contributed by atoms with van der Waals surface area (Å²) in [6.07, 6.45) is 0.781. The second-order valence-electron chi connectivity index (χ2n) is 4.27. The standard InChI is InChI=1S/C14H21ClN2O2/c1-3-13(11-6-5-7-12(15)10-11)16-14(19)17(4-2)8-9-18/h5-7,10,13,18H,3-4,8-9H2,1-2H3,(H,16,19).